The molecule has 2 aliphatic rings. The van der Waals surface area contributed by atoms with E-state index in [0.717, 1.165) is 6.07 Å². The smallest absolute Gasteiger partial charge is 0.377 e. The van der Waals surface area contributed by atoms with Crippen molar-refractivity contribution in [1.82, 2.24) is 24.6 Å². The summed E-state index contributed by atoms with van der Waals surface area (Å²) in [7, 11) is 0. The van der Waals surface area contributed by atoms with Gasteiger partial charge in [-0.1, -0.05) is 6.07 Å². The summed E-state index contributed by atoms with van der Waals surface area (Å²) in [6, 6.07) is 5.15. The summed E-state index contributed by atoms with van der Waals surface area (Å²) < 4.78 is 61.7. The lowest BCUT2D eigenvalue weighted by Crippen LogP contribution is -2.56. The van der Waals surface area contributed by atoms with Gasteiger partial charge in [0.2, 0.25) is 0 Å². The number of alkyl halides is 3. The van der Waals surface area contributed by atoms with E-state index in [-0.39, 0.29) is 42.4 Å². The standard InChI is InChI=1S/C21H17F4N5O2/c1-11-13(4-2-5-14(11)21(23,24)25)20(31)30-12-8-29-18(16(30)10-32-9-12)27-28-19(29)17-15(22)6-3-7-26-17/h2-7,12,16H,8-10H2,1H3/t12-,16-/m1/s1. The minimum atomic E-state index is -4.57. The number of rotatable bonds is 2. The van der Waals surface area contributed by atoms with Crippen LogP contribution in [0.25, 0.3) is 11.5 Å². The van der Waals surface area contributed by atoms with Crippen LogP contribution in [0.5, 0.6) is 0 Å². The number of amides is 1. The maximum Gasteiger partial charge on any atom is 0.416 e. The molecule has 0 spiro atoms. The maximum atomic E-state index is 14.3. The third-order valence-corrected chi connectivity index (χ3v) is 5.86. The van der Waals surface area contributed by atoms with E-state index in [0.29, 0.717) is 5.82 Å². The Morgan fingerprint density at radius 1 is 1.16 bits per heavy atom. The molecule has 4 heterocycles. The molecule has 1 fully saturated rings. The molecule has 166 valence electrons. The van der Waals surface area contributed by atoms with Crippen LogP contribution in [0.2, 0.25) is 0 Å². The first kappa shape index (κ1) is 20.6. The molecule has 2 bridgehead atoms. The molecule has 2 aliphatic heterocycles. The number of carbonyl (C=O) groups is 1. The third-order valence-electron chi connectivity index (χ3n) is 5.86. The van der Waals surface area contributed by atoms with Gasteiger partial charge in [0, 0.05) is 18.3 Å². The fraction of sp³-hybridized carbons (Fsp3) is 0.333. The Morgan fingerprint density at radius 3 is 2.72 bits per heavy atom. The van der Waals surface area contributed by atoms with Gasteiger partial charge in [0.05, 0.1) is 24.8 Å². The highest BCUT2D eigenvalue weighted by molar-refractivity contribution is 5.96. The molecule has 0 aliphatic carbocycles. The van der Waals surface area contributed by atoms with E-state index in [1.165, 1.54) is 42.3 Å². The Balaban J connectivity index is 1.56. The molecule has 1 saturated heterocycles. The summed E-state index contributed by atoms with van der Waals surface area (Å²) >= 11 is 0. The second kappa shape index (κ2) is 7.37. The highest BCUT2D eigenvalue weighted by Crippen LogP contribution is 2.38. The molecule has 1 aromatic carbocycles. The molecular formula is C21H17F4N5O2. The maximum absolute atomic E-state index is 14.3. The molecule has 7 nitrogen and oxygen atoms in total. The molecule has 0 saturated carbocycles. The number of halogens is 4. The average molecular weight is 447 g/mol. The van der Waals surface area contributed by atoms with Crippen molar-refractivity contribution in [3.63, 3.8) is 0 Å². The van der Waals surface area contributed by atoms with Crippen LogP contribution in [0.15, 0.2) is 36.5 Å². The van der Waals surface area contributed by atoms with Crippen molar-refractivity contribution in [1.29, 1.82) is 0 Å². The fourth-order valence-corrected chi connectivity index (χ4v) is 4.37. The minimum absolute atomic E-state index is 0.0271. The summed E-state index contributed by atoms with van der Waals surface area (Å²) in [5, 5.41) is 8.24. The first-order valence-corrected chi connectivity index (χ1v) is 9.88. The van der Waals surface area contributed by atoms with E-state index in [4.69, 9.17) is 4.74 Å². The van der Waals surface area contributed by atoms with E-state index in [1.54, 1.807) is 4.57 Å². The first-order valence-electron chi connectivity index (χ1n) is 9.88. The Labute approximate surface area is 179 Å². The van der Waals surface area contributed by atoms with E-state index in [2.05, 4.69) is 15.2 Å². The highest BCUT2D eigenvalue weighted by atomic mass is 19.4. The summed E-state index contributed by atoms with van der Waals surface area (Å²) in [5.74, 6) is -0.481. The summed E-state index contributed by atoms with van der Waals surface area (Å²) in [4.78, 5) is 19.0. The van der Waals surface area contributed by atoms with E-state index in [9.17, 15) is 22.4 Å². The Hall–Kier alpha value is -3.34. The Kier molecular flexibility index (Phi) is 4.73. The summed E-state index contributed by atoms with van der Waals surface area (Å²) in [6.45, 7) is 1.77. The van der Waals surface area contributed by atoms with Crippen LogP contribution < -0.4 is 0 Å². The number of benzene rings is 1. The monoisotopic (exact) mass is 447 g/mol. The van der Waals surface area contributed by atoms with Crippen molar-refractivity contribution >= 4 is 5.91 Å². The van der Waals surface area contributed by atoms with Gasteiger partial charge in [0.25, 0.3) is 5.91 Å². The average Bonchev–Trinajstić information content (AvgIpc) is 3.16. The molecule has 1 amide bonds. The molecule has 0 unspecified atom stereocenters. The van der Waals surface area contributed by atoms with Crippen LogP contribution in [-0.4, -0.2) is 49.8 Å². The molecule has 3 aromatic rings. The zero-order chi connectivity index (χ0) is 22.6. The van der Waals surface area contributed by atoms with Crippen molar-refractivity contribution in [2.45, 2.75) is 31.7 Å². The zero-order valence-electron chi connectivity index (χ0n) is 16.8. The zero-order valence-corrected chi connectivity index (χ0v) is 16.8. The number of fused-ring (bicyclic) bond motifs is 4. The second-order valence-electron chi connectivity index (χ2n) is 7.72. The van der Waals surface area contributed by atoms with Gasteiger partial charge in [-0.05, 0) is 36.8 Å². The number of pyridine rings is 1. The van der Waals surface area contributed by atoms with Crippen molar-refractivity contribution in [2.75, 3.05) is 13.2 Å². The predicted molar refractivity (Wildman–Crippen MR) is 103 cm³/mol. The molecule has 0 radical (unpaired) electrons. The summed E-state index contributed by atoms with van der Waals surface area (Å²) in [5.41, 5.74) is -0.968. The van der Waals surface area contributed by atoms with Crippen molar-refractivity contribution < 1.29 is 27.1 Å². The lowest BCUT2D eigenvalue weighted by atomic mass is 9.97. The number of hydrogen-bond donors (Lipinski definition) is 0. The molecule has 2 atom stereocenters. The van der Waals surface area contributed by atoms with Crippen LogP contribution in [0.3, 0.4) is 0 Å². The summed E-state index contributed by atoms with van der Waals surface area (Å²) in [6.07, 6.45) is -3.12. The Morgan fingerprint density at radius 2 is 1.97 bits per heavy atom. The first-order chi connectivity index (χ1) is 15.3. The fourth-order valence-electron chi connectivity index (χ4n) is 4.37. The molecule has 5 rings (SSSR count). The van der Waals surface area contributed by atoms with Crippen molar-refractivity contribution in [3.05, 3.63) is 64.9 Å². The highest BCUT2D eigenvalue weighted by Gasteiger charge is 2.45. The van der Waals surface area contributed by atoms with Gasteiger partial charge in [0.1, 0.15) is 11.7 Å². The van der Waals surface area contributed by atoms with Crippen LogP contribution in [0, 0.1) is 12.7 Å². The largest absolute Gasteiger partial charge is 0.416 e. The van der Waals surface area contributed by atoms with Gasteiger partial charge in [0.15, 0.2) is 17.5 Å². The van der Waals surface area contributed by atoms with Gasteiger partial charge in [-0.25, -0.2) is 9.37 Å². The number of carbonyl (C=O) groups excluding carboxylic acids is 1. The van der Waals surface area contributed by atoms with Gasteiger partial charge in [-0.15, -0.1) is 10.2 Å². The lowest BCUT2D eigenvalue weighted by molar-refractivity contribution is -0.138. The normalized spacial score (nSPS) is 20.2. The molecule has 0 N–H and O–H groups in total. The van der Waals surface area contributed by atoms with Crippen LogP contribution in [0.4, 0.5) is 17.6 Å². The molecular weight excluding hydrogens is 430 g/mol. The molecule has 32 heavy (non-hydrogen) atoms. The topological polar surface area (TPSA) is 73.1 Å². The van der Waals surface area contributed by atoms with Gasteiger partial charge >= 0.3 is 6.18 Å². The van der Waals surface area contributed by atoms with Gasteiger partial charge in [-0.2, -0.15) is 13.2 Å². The number of nitrogens with zero attached hydrogens (tertiary/aromatic N) is 5. The van der Waals surface area contributed by atoms with Gasteiger partial charge in [-0.3, -0.25) is 4.79 Å². The SMILES string of the molecule is Cc1c(C(=O)N2[C@H]3COC[C@@H]2c2nnc(-c4ncccc4F)n2C3)cccc1C(F)(F)F. The van der Waals surface area contributed by atoms with Crippen molar-refractivity contribution in [2.24, 2.45) is 0 Å². The minimum Gasteiger partial charge on any atom is -0.377 e. The molecule has 2 aromatic heterocycles. The number of morpholine rings is 1. The van der Waals surface area contributed by atoms with E-state index in [1.807, 2.05) is 0 Å². The lowest BCUT2D eigenvalue weighted by Gasteiger charge is -2.45. The van der Waals surface area contributed by atoms with Crippen LogP contribution in [-0.2, 0) is 17.5 Å². The van der Waals surface area contributed by atoms with E-state index >= 15 is 0 Å². The number of ether oxygens (including phenoxy) is 1. The predicted octanol–water partition coefficient (Wildman–Crippen LogP) is 3.40. The third kappa shape index (κ3) is 3.15. The number of aromatic nitrogens is 4. The second-order valence-corrected chi connectivity index (χ2v) is 7.72. The van der Waals surface area contributed by atoms with Crippen molar-refractivity contribution in [3.8, 4) is 11.5 Å². The Bertz CT molecular complexity index is 1210. The van der Waals surface area contributed by atoms with Gasteiger partial charge < -0.3 is 14.2 Å². The van der Waals surface area contributed by atoms with Crippen LogP contribution in [0.1, 0.15) is 33.4 Å². The van der Waals surface area contributed by atoms with Crippen LogP contribution >= 0.6 is 0 Å². The van der Waals surface area contributed by atoms with E-state index < -0.39 is 35.5 Å². The quantitative estimate of drug-likeness (QED) is 0.563. The number of hydrogen-bond acceptors (Lipinski definition) is 5. The molecule has 11 heteroatoms.